The zero-order valence-corrected chi connectivity index (χ0v) is 18.5. The molecule has 2 aromatic carbocycles. The number of nitrogens with zero attached hydrogens (tertiary/aromatic N) is 2. The highest BCUT2D eigenvalue weighted by Crippen LogP contribution is 2.31. The number of aromatic nitrogens is 1. The van der Waals surface area contributed by atoms with Gasteiger partial charge >= 0.3 is 0 Å². The number of nitro benzene ring substituents is 1. The fraction of sp³-hybridized carbons (Fsp3) is 0.273. The molecule has 1 heterocycles. The number of nitrogens with one attached hydrogen (secondary N) is 1. The van der Waals surface area contributed by atoms with Gasteiger partial charge in [-0.1, -0.05) is 20.8 Å². The highest BCUT2D eigenvalue weighted by molar-refractivity contribution is 7.13. The van der Waals surface area contributed by atoms with Gasteiger partial charge in [0.15, 0.2) is 6.61 Å². The van der Waals surface area contributed by atoms with Crippen LogP contribution >= 0.6 is 11.3 Å². The summed E-state index contributed by atoms with van der Waals surface area (Å²) >= 11 is 1.59. The molecule has 0 radical (unpaired) electrons. The third-order valence-corrected chi connectivity index (χ3v) is 5.31. The smallest absolute Gasteiger partial charge is 0.273 e. The fourth-order valence-corrected chi connectivity index (χ4v) is 3.73. The Kier molecular flexibility index (Phi) is 6.55. The van der Waals surface area contributed by atoms with Crippen LogP contribution in [0.5, 0.6) is 11.5 Å². The minimum absolute atomic E-state index is 0.00246. The SMILES string of the molecule is COc1cc([N+](=O)[O-])ccc1NC(=O)COc1ccc(-c2nc(C(C)(C)C)cs2)cc1. The molecule has 3 aromatic rings. The summed E-state index contributed by atoms with van der Waals surface area (Å²) in [5.41, 5.74) is 2.23. The Morgan fingerprint density at radius 3 is 2.48 bits per heavy atom. The fourth-order valence-electron chi connectivity index (χ4n) is 2.68. The molecule has 0 saturated heterocycles. The first kappa shape index (κ1) is 22.2. The lowest BCUT2D eigenvalue weighted by atomic mass is 9.93. The van der Waals surface area contributed by atoms with Crippen LogP contribution in [-0.2, 0) is 10.2 Å². The maximum Gasteiger partial charge on any atom is 0.273 e. The van der Waals surface area contributed by atoms with Crippen molar-refractivity contribution in [3.63, 3.8) is 0 Å². The maximum absolute atomic E-state index is 12.2. The number of amides is 1. The minimum atomic E-state index is -0.531. The molecule has 0 aliphatic heterocycles. The van der Waals surface area contributed by atoms with Crippen molar-refractivity contribution in [1.82, 2.24) is 4.98 Å². The van der Waals surface area contributed by atoms with Gasteiger partial charge in [0.05, 0.1) is 29.5 Å². The molecule has 162 valence electrons. The largest absolute Gasteiger partial charge is 0.494 e. The van der Waals surface area contributed by atoms with Gasteiger partial charge in [-0.05, 0) is 30.3 Å². The zero-order chi connectivity index (χ0) is 22.6. The highest BCUT2D eigenvalue weighted by atomic mass is 32.1. The van der Waals surface area contributed by atoms with Crippen molar-refractivity contribution >= 4 is 28.6 Å². The van der Waals surface area contributed by atoms with E-state index in [1.165, 1.54) is 25.3 Å². The number of non-ortho nitro benzene ring substituents is 1. The summed E-state index contributed by atoms with van der Waals surface area (Å²) in [6.45, 7) is 6.16. The van der Waals surface area contributed by atoms with Crippen molar-refractivity contribution in [1.29, 1.82) is 0 Å². The number of carbonyl (C=O) groups excluding carboxylic acids is 1. The van der Waals surface area contributed by atoms with E-state index in [4.69, 9.17) is 14.5 Å². The summed E-state index contributed by atoms with van der Waals surface area (Å²) in [6.07, 6.45) is 0. The first-order chi connectivity index (χ1) is 14.7. The van der Waals surface area contributed by atoms with Crippen LogP contribution in [-0.4, -0.2) is 29.5 Å². The summed E-state index contributed by atoms with van der Waals surface area (Å²) < 4.78 is 10.7. The Hall–Kier alpha value is -3.46. The van der Waals surface area contributed by atoms with Crippen LogP contribution in [0.1, 0.15) is 26.5 Å². The molecule has 1 aromatic heterocycles. The van der Waals surface area contributed by atoms with E-state index < -0.39 is 10.8 Å². The average Bonchev–Trinajstić information content (AvgIpc) is 3.23. The van der Waals surface area contributed by atoms with Crippen molar-refractivity contribution in [3.05, 3.63) is 63.7 Å². The summed E-state index contributed by atoms with van der Waals surface area (Å²) in [5, 5.41) is 16.5. The molecule has 0 spiro atoms. The molecule has 9 heteroatoms. The van der Waals surface area contributed by atoms with E-state index in [1.807, 2.05) is 12.1 Å². The second-order valence-electron chi connectivity index (χ2n) is 7.79. The molecule has 0 fully saturated rings. The molecule has 0 aliphatic rings. The molecular formula is C22H23N3O5S. The first-order valence-electron chi connectivity index (χ1n) is 9.49. The number of nitro groups is 1. The van der Waals surface area contributed by atoms with E-state index in [0.717, 1.165) is 16.3 Å². The Balaban J connectivity index is 1.60. The number of carbonyl (C=O) groups is 1. The number of methoxy groups -OCH3 is 1. The van der Waals surface area contributed by atoms with Gasteiger partial charge in [0.2, 0.25) is 0 Å². The second kappa shape index (κ2) is 9.13. The van der Waals surface area contributed by atoms with Gasteiger partial charge in [0.1, 0.15) is 16.5 Å². The van der Waals surface area contributed by atoms with Crippen molar-refractivity contribution in [2.75, 3.05) is 19.0 Å². The van der Waals surface area contributed by atoms with E-state index in [1.54, 1.807) is 23.5 Å². The van der Waals surface area contributed by atoms with Crippen LogP contribution < -0.4 is 14.8 Å². The summed E-state index contributed by atoms with van der Waals surface area (Å²) in [4.78, 5) is 27.2. The first-order valence-corrected chi connectivity index (χ1v) is 10.4. The number of hydrogen-bond acceptors (Lipinski definition) is 7. The Morgan fingerprint density at radius 1 is 1.19 bits per heavy atom. The van der Waals surface area contributed by atoms with E-state index in [9.17, 15) is 14.9 Å². The van der Waals surface area contributed by atoms with Crippen molar-refractivity contribution in [2.45, 2.75) is 26.2 Å². The predicted molar refractivity (Wildman–Crippen MR) is 120 cm³/mol. The number of hydrogen-bond donors (Lipinski definition) is 1. The van der Waals surface area contributed by atoms with Crippen LogP contribution in [0.15, 0.2) is 47.8 Å². The Labute approximate surface area is 184 Å². The van der Waals surface area contributed by atoms with Gasteiger partial charge in [-0.15, -0.1) is 11.3 Å². The van der Waals surface area contributed by atoms with Crippen molar-refractivity contribution in [2.24, 2.45) is 0 Å². The van der Waals surface area contributed by atoms with Gasteiger partial charge in [-0.3, -0.25) is 14.9 Å². The molecule has 0 bridgehead atoms. The molecule has 31 heavy (non-hydrogen) atoms. The van der Waals surface area contributed by atoms with Gasteiger partial charge in [0, 0.05) is 22.4 Å². The van der Waals surface area contributed by atoms with Gasteiger partial charge in [-0.2, -0.15) is 0 Å². The molecule has 0 saturated carbocycles. The average molecular weight is 442 g/mol. The lowest BCUT2D eigenvalue weighted by molar-refractivity contribution is -0.384. The van der Waals surface area contributed by atoms with Gasteiger partial charge in [0.25, 0.3) is 11.6 Å². The summed E-state index contributed by atoms with van der Waals surface area (Å²) in [5.74, 6) is 0.332. The molecule has 3 rings (SSSR count). The maximum atomic E-state index is 12.2. The van der Waals surface area contributed by atoms with E-state index in [0.29, 0.717) is 11.4 Å². The van der Waals surface area contributed by atoms with Crippen LogP contribution in [0.2, 0.25) is 0 Å². The van der Waals surface area contributed by atoms with Crippen LogP contribution in [0.3, 0.4) is 0 Å². The second-order valence-corrected chi connectivity index (χ2v) is 8.65. The molecule has 8 nitrogen and oxygen atoms in total. The number of anilines is 1. The molecular weight excluding hydrogens is 418 g/mol. The lowest BCUT2D eigenvalue weighted by Crippen LogP contribution is -2.20. The predicted octanol–water partition coefficient (Wildman–Crippen LogP) is 5.04. The molecule has 0 unspecified atom stereocenters. The highest BCUT2D eigenvalue weighted by Gasteiger charge is 2.18. The van der Waals surface area contributed by atoms with Crippen LogP contribution in [0.4, 0.5) is 11.4 Å². The Bertz CT molecular complexity index is 1090. The monoisotopic (exact) mass is 441 g/mol. The quantitative estimate of drug-likeness (QED) is 0.407. The van der Waals surface area contributed by atoms with Crippen molar-refractivity contribution in [3.8, 4) is 22.1 Å². The number of benzene rings is 2. The molecule has 0 aliphatic carbocycles. The molecule has 0 atom stereocenters. The van der Waals surface area contributed by atoms with Crippen molar-refractivity contribution < 1.29 is 19.2 Å². The Morgan fingerprint density at radius 2 is 1.90 bits per heavy atom. The standard InChI is InChI=1S/C22H23N3O5S/c1-22(2,3)19-13-31-21(24-19)14-5-8-16(9-6-14)30-12-20(26)23-17-10-7-15(25(27)28)11-18(17)29-4/h5-11,13H,12H2,1-4H3,(H,23,26). The molecule has 1 N–H and O–H groups in total. The topological polar surface area (TPSA) is 104 Å². The normalized spacial score (nSPS) is 11.1. The summed E-state index contributed by atoms with van der Waals surface area (Å²) in [7, 11) is 1.37. The van der Waals surface area contributed by atoms with E-state index in [-0.39, 0.29) is 23.5 Å². The zero-order valence-electron chi connectivity index (χ0n) is 17.7. The van der Waals surface area contributed by atoms with Gasteiger partial charge < -0.3 is 14.8 Å². The molecule has 1 amide bonds. The lowest BCUT2D eigenvalue weighted by Gasteiger charge is -2.14. The van der Waals surface area contributed by atoms with E-state index in [2.05, 4.69) is 31.5 Å². The number of rotatable bonds is 7. The van der Waals surface area contributed by atoms with Gasteiger partial charge in [-0.25, -0.2) is 4.98 Å². The van der Waals surface area contributed by atoms with E-state index >= 15 is 0 Å². The number of thiazole rings is 1. The van der Waals surface area contributed by atoms with Crippen LogP contribution in [0, 0.1) is 10.1 Å². The third-order valence-electron chi connectivity index (χ3n) is 4.41. The summed E-state index contributed by atoms with van der Waals surface area (Å²) in [6, 6.07) is 11.3. The minimum Gasteiger partial charge on any atom is -0.494 e. The third kappa shape index (κ3) is 5.58. The number of ether oxygens (including phenoxy) is 2. The van der Waals surface area contributed by atoms with Crippen LogP contribution in [0.25, 0.3) is 10.6 Å².